The Bertz CT molecular complexity index is 1150. The molecule has 6 nitrogen and oxygen atoms in total. The predicted molar refractivity (Wildman–Crippen MR) is 102 cm³/mol. The normalized spacial score (nSPS) is 13.6. The number of ether oxygens (including phenoxy) is 2. The molecule has 0 saturated heterocycles. The molecule has 1 aromatic heterocycles. The molecule has 33 heavy (non-hydrogen) atoms. The number of benzene rings is 2. The van der Waals surface area contributed by atoms with Gasteiger partial charge >= 0.3 is 12.4 Å². The minimum absolute atomic E-state index is 0.0209. The van der Waals surface area contributed by atoms with E-state index in [2.05, 4.69) is 5.16 Å². The van der Waals surface area contributed by atoms with E-state index in [1.807, 2.05) is 5.32 Å². The highest BCUT2D eigenvalue weighted by Gasteiger charge is 2.37. The van der Waals surface area contributed by atoms with Gasteiger partial charge in [0.2, 0.25) is 5.91 Å². The first-order valence-corrected chi connectivity index (χ1v) is 9.44. The SMILES string of the molecule is O=C(Cc1cc(-c2ccc3c(c2)OCCO3)on1)Nc1cc(C(F)(F)F)cc(C(F)(F)F)c1. The molecule has 2 heterocycles. The summed E-state index contributed by atoms with van der Waals surface area (Å²) in [5.74, 6) is 0.473. The predicted octanol–water partition coefficient (Wildman–Crippen LogP) is 5.33. The van der Waals surface area contributed by atoms with Gasteiger partial charge in [0, 0.05) is 17.3 Å². The Kier molecular flexibility index (Phi) is 5.68. The second-order valence-corrected chi connectivity index (χ2v) is 7.06. The van der Waals surface area contributed by atoms with Crippen molar-refractivity contribution in [2.24, 2.45) is 0 Å². The zero-order chi connectivity index (χ0) is 23.8. The van der Waals surface area contributed by atoms with Crippen molar-refractivity contribution >= 4 is 11.6 Å². The molecule has 1 N–H and O–H groups in total. The van der Waals surface area contributed by atoms with Crippen molar-refractivity contribution in [2.45, 2.75) is 18.8 Å². The van der Waals surface area contributed by atoms with Gasteiger partial charge in [-0.1, -0.05) is 5.16 Å². The fraction of sp³-hybridized carbons (Fsp3) is 0.238. The number of hydrogen-bond donors (Lipinski definition) is 1. The smallest absolute Gasteiger partial charge is 0.416 e. The van der Waals surface area contributed by atoms with E-state index in [4.69, 9.17) is 14.0 Å². The Morgan fingerprint density at radius 2 is 1.52 bits per heavy atom. The van der Waals surface area contributed by atoms with Crippen LogP contribution in [0.25, 0.3) is 11.3 Å². The molecule has 0 atom stereocenters. The van der Waals surface area contributed by atoms with Crippen molar-refractivity contribution in [1.29, 1.82) is 0 Å². The van der Waals surface area contributed by atoms with Crippen LogP contribution >= 0.6 is 0 Å². The summed E-state index contributed by atoms with van der Waals surface area (Å²) in [4.78, 5) is 12.2. The van der Waals surface area contributed by atoms with Crippen molar-refractivity contribution in [3.05, 3.63) is 59.3 Å². The molecule has 174 valence electrons. The first-order valence-electron chi connectivity index (χ1n) is 9.44. The van der Waals surface area contributed by atoms with Crippen molar-refractivity contribution in [2.75, 3.05) is 18.5 Å². The van der Waals surface area contributed by atoms with Crippen LogP contribution in [0.3, 0.4) is 0 Å². The van der Waals surface area contributed by atoms with E-state index in [1.54, 1.807) is 18.2 Å². The topological polar surface area (TPSA) is 73.6 Å². The van der Waals surface area contributed by atoms with E-state index in [0.717, 1.165) is 0 Å². The molecule has 0 unspecified atom stereocenters. The lowest BCUT2D eigenvalue weighted by Gasteiger charge is -2.18. The lowest BCUT2D eigenvalue weighted by atomic mass is 10.1. The Morgan fingerprint density at radius 3 is 2.15 bits per heavy atom. The molecule has 1 amide bonds. The number of rotatable bonds is 4. The quantitative estimate of drug-likeness (QED) is 0.520. The summed E-state index contributed by atoms with van der Waals surface area (Å²) in [7, 11) is 0. The number of nitrogens with one attached hydrogen (secondary N) is 1. The third-order valence-corrected chi connectivity index (χ3v) is 4.60. The molecular formula is C21H14F6N2O4. The van der Waals surface area contributed by atoms with Crippen LogP contribution in [-0.2, 0) is 23.6 Å². The van der Waals surface area contributed by atoms with Gasteiger partial charge in [-0.2, -0.15) is 26.3 Å². The van der Waals surface area contributed by atoms with Gasteiger partial charge in [-0.05, 0) is 36.4 Å². The van der Waals surface area contributed by atoms with Gasteiger partial charge in [0.1, 0.15) is 13.2 Å². The molecule has 0 saturated carbocycles. The van der Waals surface area contributed by atoms with Crippen LogP contribution in [0.4, 0.5) is 32.0 Å². The maximum Gasteiger partial charge on any atom is 0.416 e. The summed E-state index contributed by atoms with van der Waals surface area (Å²) in [5, 5.41) is 5.78. The number of fused-ring (bicyclic) bond motifs is 1. The summed E-state index contributed by atoms with van der Waals surface area (Å²) in [6.45, 7) is 0.800. The number of carbonyl (C=O) groups excluding carboxylic acids is 1. The maximum absolute atomic E-state index is 13.0. The molecular weight excluding hydrogens is 458 g/mol. The van der Waals surface area contributed by atoms with E-state index >= 15 is 0 Å². The second kappa shape index (κ2) is 8.34. The summed E-state index contributed by atoms with van der Waals surface area (Å²) >= 11 is 0. The van der Waals surface area contributed by atoms with E-state index in [1.165, 1.54) is 6.07 Å². The Balaban J connectivity index is 1.49. The van der Waals surface area contributed by atoms with Crippen LogP contribution in [0.5, 0.6) is 11.5 Å². The number of halogens is 6. The van der Waals surface area contributed by atoms with Gasteiger partial charge < -0.3 is 19.3 Å². The molecule has 2 aromatic carbocycles. The Hall–Kier alpha value is -3.70. The molecule has 4 rings (SSSR count). The average Bonchev–Trinajstić information content (AvgIpc) is 3.20. The highest BCUT2D eigenvalue weighted by atomic mass is 19.4. The van der Waals surface area contributed by atoms with E-state index in [0.29, 0.717) is 42.4 Å². The van der Waals surface area contributed by atoms with Crippen molar-refractivity contribution in [3.8, 4) is 22.8 Å². The number of anilines is 1. The van der Waals surface area contributed by atoms with Crippen molar-refractivity contribution < 1.29 is 45.1 Å². The van der Waals surface area contributed by atoms with E-state index < -0.39 is 41.5 Å². The van der Waals surface area contributed by atoms with Crippen LogP contribution in [-0.4, -0.2) is 24.3 Å². The molecule has 1 aliphatic heterocycles. The van der Waals surface area contributed by atoms with Crippen molar-refractivity contribution in [3.63, 3.8) is 0 Å². The molecule has 0 bridgehead atoms. The number of nitrogens with zero attached hydrogens (tertiary/aromatic N) is 1. The van der Waals surface area contributed by atoms with E-state index in [9.17, 15) is 31.1 Å². The minimum Gasteiger partial charge on any atom is -0.486 e. The van der Waals surface area contributed by atoms with Crippen LogP contribution < -0.4 is 14.8 Å². The average molecular weight is 472 g/mol. The maximum atomic E-state index is 13.0. The largest absolute Gasteiger partial charge is 0.486 e. The van der Waals surface area contributed by atoms with Crippen LogP contribution in [0.15, 0.2) is 47.0 Å². The summed E-state index contributed by atoms with van der Waals surface area (Å²) < 4.78 is 93.9. The number of alkyl halides is 6. The third kappa shape index (κ3) is 5.21. The molecule has 12 heteroatoms. The standard InChI is InChI=1S/C21H14F6N2O4/c22-20(23,24)12-6-13(21(25,26)27)8-14(7-12)28-19(30)10-15-9-17(33-29-15)11-1-2-16-18(5-11)32-4-3-31-16/h1-2,5-9H,3-4,10H2,(H,28,30). The number of aromatic nitrogens is 1. The van der Waals surface area contributed by atoms with Crippen LogP contribution in [0.1, 0.15) is 16.8 Å². The van der Waals surface area contributed by atoms with E-state index in [-0.39, 0.29) is 17.5 Å². The summed E-state index contributed by atoms with van der Waals surface area (Å²) in [5.41, 5.74) is -3.01. The lowest BCUT2D eigenvalue weighted by molar-refractivity contribution is -0.143. The zero-order valence-corrected chi connectivity index (χ0v) is 16.5. The van der Waals surface area contributed by atoms with Crippen LogP contribution in [0.2, 0.25) is 0 Å². The van der Waals surface area contributed by atoms with Gasteiger partial charge in [0.15, 0.2) is 17.3 Å². The lowest BCUT2D eigenvalue weighted by Crippen LogP contribution is -2.17. The Morgan fingerprint density at radius 1 is 0.879 bits per heavy atom. The molecule has 0 spiro atoms. The number of carbonyl (C=O) groups is 1. The molecule has 0 aliphatic carbocycles. The van der Waals surface area contributed by atoms with Crippen molar-refractivity contribution in [1.82, 2.24) is 5.16 Å². The molecule has 0 fully saturated rings. The van der Waals surface area contributed by atoms with Gasteiger partial charge in [-0.3, -0.25) is 4.79 Å². The first kappa shape index (κ1) is 22.5. The van der Waals surface area contributed by atoms with Gasteiger partial charge in [0.05, 0.1) is 23.2 Å². The number of amides is 1. The third-order valence-electron chi connectivity index (χ3n) is 4.60. The van der Waals surface area contributed by atoms with Gasteiger partial charge in [0.25, 0.3) is 0 Å². The molecule has 0 radical (unpaired) electrons. The first-order chi connectivity index (χ1) is 15.5. The van der Waals surface area contributed by atoms with Gasteiger partial charge in [-0.15, -0.1) is 0 Å². The highest BCUT2D eigenvalue weighted by Crippen LogP contribution is 2.38. The zero-order valence-electron chi connectivity index (χ0n) is 16.5. The minimum atomic E-state index is -5.02. The Labute approximate surface area is 182 Å². The molecule has 1 aliphatic rings. The number of hydrogen-bond acceptors (Lipinski definition) is 5. The van der Waals surface area contributed by atoms with Crippen LogP contribution in [0, 0.1) is 0 Å². The molecule has 3 aromatic rings. The summed E-state index contributed by atoms with van der Waals surface area (Å²) in [6, 6.07) is 7.27. The second-order valence-electron chi connectivity index (χ2n) is 7.06. The fourth-order valence-electron chi connectivity index (χ4n) is 3.12. The van der Waals surface area contributed by atoms with Gasteiger partial charge in [-0.25, -0.2) is 0 Å². The monoisotopic (exact) mass is 472 g/mol. The summed E-state index contributed by atoms with van der Waals surface area (Å²) in [6.07, 6.45) is -10.5. The fourth-order valence-corrected chi connectivity index (χ4v) is 3.12. The highest BCUT2D eigenvalue weighted by molar-refractivity contribution is 5.92.